The predicted octanol–water partition coefficient (Wildman–Crippen LogP) is 2.75. The maximum absolute atomic E-state index is 12.1. The van der Waals surface area contributed by atoms with E-state index in [9.17, 15) is 4.79 Å². The number of nitrogens with zero attached hydrogens (tertiary/aromatic N) is 1. The summed E-state index contributed by atoms with van der Waals surface area (Å²) < 4.78 is 0. The van der Waals surface area contributed by atoms with Gasteiger partial charge in [0.15, 0.2) is 5.84 Å². The fourth-order valence-electron chi connectivity index (χ4n) is 2.17. The Morgan fingerprint density at radius 2 is 2.10 bits per heavy atom. The first kappa shape index (κ1) is 14.6. The number of unbranched alkanes of at least 4 members (excludes halogenated alkanes) is 1. The van der Waals surface area contributed by atoms with Gasteiger partial charge in [0.2, 0.25) is 0 Å². The van der Waals surface area contributed by atoms with Crippen LogP contribution >= 0.6 is 0 Å². The molecule has 2 N–H and O–H groups in total. The molecule has 0 spiro atoms. The van der Waals surface area contributed by atoms with E-state index in [1.54, 1.807) is 0 Å². The molecule has 1 aliphatic rings. The number of rotatable bonds is 5. The van der Waals surface area contributed by atoms with Crippen LogP contribution in [0.2, 0.25) is 0 Å². The molecular formula is C16H23N3O. The molecule has 4 nitrogen and oxygen atoms in total. The van der Waals surface area contributed by atoms with Gasteiger partial charge in [0.05, 0.1) is 0 Å². The molecule has 0 fully saturated rings. The molecule has 2 rings (SSSR count). The molecule has 0 bridgehead atoms. The molecule has 1 aliphatic heterocycles. The molecule has 0 atom stereocenters. The Labute approximate surface area is 120 Å². The van der Waals surface area contributed by atoms with Gasteiger partial charge in [-0.15, -0.1) is 0 Å². The number of anilines is 1. The predicted molar refractivity (Wildman–Crippen MR) is 83.2 cm³/mol. The highest BCUT2D eigenvalue weighted by Gasteiger charge is 2.12. The number of benzene rings is 1. The summed E-state index contributed by atoms with van der Waals surface area (Å²) >= 11 is 0. The summed E-state index contributed by atoms with van der Waals surface area (Å²) in [7, 11) is 0. The number of amidine groups is 1. The van der Waals surface area contributed by atoms with Crippen molar-refractivity contribution in [3.63, 3.8) is 0 Å². The van der Waals surface area contributed by atoms with Gasteiger partial charge < -0.3 is 10.6 Å². The summed E-state index contributed by atoms with van der Waals surface area (Å²) in [5, 5.41) is 5.97. The van der Waals surface area contributed by atoms with Gasteiger partial charge in [-0.1, -0.05) is 25.5 Å². The largest absolute Gasteiger partial charge is 0.366 e. The molecule has 0 saturated carbocycles. The zero-order chi connectivity index (χ0) is 14.2. The van der Waals surface area contributed by atoms with E-state index in [0.29, 0.717) is 5.84 Å². The van der Waals surface area contributed by atoms with Gasteiger partial charge in [-0.25, -0.2) is 0 Å². The molecule has 0 aliphatic carbocycles. The van der Waals surface area contributed by atoms with Crippen molar-refractivity contribution in [2.75, 3.05) is 18.4 Å². The number of carbonyl (C=O) groups is 1. The Morgan fingerprint density at radius 1 is 1.30 bits per heavy atom. The number of aliphatic imine (C=N–C) groups is 1. The second kappa shape index (κ2) is 7.68. The lowest BCUT2D eigenvalue weighted by atomic mass is 10.1. The lowest BCUT2D eigenvalue weighted by molar-refractivity contribution is -0.110. The molecule has 1 heterocycles. The van der Waals surface area contributed by atoms with E-state index in [1.165, 1.54) is 18.4 Å². The van der Waals surface area contributed by atoms with Gasteiger partial charge in [0, 0.05) is 18.8 Å². The lowest BCUT2D eigenvalue weighted by Crippen LogP contribution is -2.35. The third-order valence-corrected chi connectivity index (χ3v) is 3.39. The van der Waals surface area contributed by atoms with E-state index >= 15 is 0 Å². The molecule has 20 heavy (non-hydrogen) atoms. The van der Waals surface area contributed by atoms with Crippen molar-refractivity contribution in [2.24, 2.45) is 4.99 Å². The molecule has 108 valence electrons. The first-order valence-electron chi connectivity index (χ1n) is 7.48. The number of hydrogen-bond donors (Lipinski definition) is 2. The molecule has 1 aromatic carbocycles. The SMILES string of the molecule is CCCCc1ccc(NC(=O)C2=NCCCCN2)cc1. The van der Waals surface area contributed by atoms with Crippen LogP contribution in [0.5, 0.6) is 0 Å². The average Bonchev–Trinajstić information content (AvgIpc) is 2.75. The monoisotopic (exact) mass is 273 g/mol. The van der Waals surface area contributed by atoms with Crippen molar-refractivity contribution in [1.82, 2.24) is 5.32 Å². The van der Waals surface area contributed by atoms with Crippen LogP contribution in [0.25, 0.3) is 0 Å². The third kappa shape index (κ3) is 4.37. The van der Waals surface area contributed by atoms with Gasteiger partial charge in [-0.3, -0.25) is 9.79 Å². The van der Waals surface area contributed by atoms with Crippen LogP contribution in [-0.4, -0.2) is 24.8 Å². The summed E-state index contributed by atoms with van der Waals surface area (Å²) in [5.41, 5.74) is 2.14. The second-order valence-corrected chi connectivity index (χ2v) is 5.12. The lowest BCUT2D eigenvalue weighted by Gasteiger charge is -2.09. The molecule has 0 saturated heterocycles. The number of aryl methyl sites for hydroxylation is 1. The Balaban J connectivity index is 1.92. The highest BCUT2D eigenvalue weighted by atomic mass is 16.2. The molecule has 0 aromatic heterocycles. The zero-order valence-electron chi connectivity index (χ0n) is 12.1. The topological polar surface area (TPSA) is 53.5 Å². The van der Waals surface area contributed by atoms with E-state index in [-0.39, 0.29) is 5.91 Å². The Kier molecular flexibility index (Phi) is 5.59. The minimum Gasteiger partial charge on any atom is -0.366 e. The second-order valence-electron chi connectivity index (χ2n) is 5.12. The smallest absolute Gasteiger partial charge is 0.290 e. The van der Waals surface area contributed by atoms with Crippen molar-refractivity contribution in [1.29, 1.82) is 0 Å². The zero-order valence-corrected chi connectivity index (χ0v) is 12.1. The van der Waals surface area contributed by atoms with Gasteiger partial charge in [-0.2, -0.15) is 0 Å². The van der Waals surface area contributed by atoms with Crippen molar-refractivity contribution in [3.05, 3.63) is 29.8 Å². The van der Waals surface area contributed by atoms with E-state index in [0.717, 1.165) is 38.0 Å². The molecule has 0 unspecified atom stereocenters. The van der Waals surface area contributed by atoms with Crippen LogP contribution in [0.15, 0.2) is 29.3 Å². The average molecular weight is 273 g/mol. The first-order valence-corrected chi connectivity index (χ1v) is 7.48. The fourth-order valence-corrected chi connectivity index (χ4v) is 2.17. The van der Waals surface area contributed by atoms with Gasteiger partial charge in [0.25, 0.3) is 5.91 Å². The van der Waals surface area contributed by atoms with Crippen molar-refractivity contribution in [2.45, 2.75) is 39.0 Å². The summed E-state index contributed by atoms with van der Waals surface area (Å²) in [6.45, 7) is 3.74. The first-order chi connectivity index (χ1) is 9.79. The summed E-state index contributed by atoms with van der Waals surface area (Å²) in [4.78, 5) is 16.3. The Morgan fingerprint density at radius 3 is 2.85 bits per heavy atom. The molecular weight excluding hydrogens is 250 g/mol. The van der Waals surface area contributed by atoms with Gasteiger partial charge in [0.1, 0.15) is 0 Å². The number of amides is 1. The minimum atomic E-state index is -0.145. The fraction of sp³-hybridized carbons (Fsp3) is 0.500. The van der Waals surface area contributed by atoms with Crippen LogP contribution in [0.1, 0.15) is 38.2 Å². The van der Waals surface area contributed by atoms with Crippen molar-refractivity contribution < 1.29 is 4.79 Å². The highest BCUT2D eigenvalue weighted by Crippen LogP contribution is 2.12. The maximum Gasteiger partial charge on any atom is 0.290 e. The van der Waals surface area contributed by atoms with Crippen LogP contribution in [0.3, 0.4) is 0 Å². The summed E-state index contributed by atoms with van der Waals surface area (Å²) in [6, 6.07) is 8.07. The summed E-state index contributed by atoms with van der Waals surface area (Å²) in [5.74, 6) is 0.311. The molecule has 1 aromatic rings. The van der Waals surface area contributed by atoms with E-state index in [1.807, 2.05) is 12.1 Å². The Bertz CT molecular complexity index is 465. The van der Waals surface area contributed by atoms with Crippen LogP contribution in [-0.2, 0) is 11.2 Å². The van der Waals surface area contributed by atoms with Crippen molar-refractivity contribution in [3.8, 4) is 0 Å². The number of hydrogen-bond acceptors (Lipinski definition) is 3. The van der Waals surface area contributed by atoms with E-state index < -0.39 is 0 Å². The van der Waals surface area contributed by atoms with E-state index in [2.05, 4.69) is 34.7 Å². The number of carbonyl (C=O) groups excluding carboxylic acids is 1. The third-order valence-electron chi connectivity index (χ3n) is 3.39. The minimum absolute atomic E-state index is 0.145. The highest BCUT2D eigenvalue weighted by molar-refractivity contribution is 6.42. The van der Waals surface area contributed by atoms with Crippen molar-refractivity contribution >= 4 is 17.4 Å². The van der Waals surface area contributed by atoms with E-state index in [4.69, 9.17) is 0 Å². The quantitative estimate of drug-likeness (QED) is 0.866. The maximum atomic E-state index is 12.1. The molecule has 1 amide bonds. The van der Waals surface area contributed by atoms with Crippen LogP contribution in [0.4, 0.5) is 5.69 Å². The summed E-state index contributed by atoms with van der Waals surface area (Å²) in [6.07, 6.45) is 5.59. The van der Waals surface area contributed by atoms with Crippen LogP contribution < -0.4 is 10.6 Å². The number of nitrogens with one attached hydrogen (secondary N) is 2. The Hall–Kier alpha value is -1.84. The normalized spacial score (nSPS) is 14.9. The molecule has 0 radical (unpaired) electrons. The molecule has 4 heteroatoms. The van der Waals surface area contributed by atoms with Crippen LogP contribution in [0, 0.1) is 0 Å². The van der Waals surface area contributed by atoms with Gasteiger partial charge in [-0.05, 0) is 43.4 Å². The standard InChI is InChI=1S/C16H23N3O/c1-2-3-6-13-7-9-14(10-8-13)19-16(20)15-17-11-4-5-12-18-15/h7-10H,2-6,11-12H2,1H3,(H,17,18)(H,19,20). The van der Waals surface area contributed by atoms with Gasteiger partial charge >= 0.3 is 0 Å².